The molecular formula is C16H19NO7. The Labute approximate surface area is 139 Å². The van der Waals surface area contributed by atoms with Crippen LogP contribution in [0.15, 0.2) is 36.4 Å². The Kier molecular flexibility index (Phi) is 6.05. The van der Waals surface area contributed by atoms with E-state index in [9.17, 15) is 19.7 Å². The van der Waals surface area contributed by atoms with Gasteiger partial charge in [0.15, 0.2) is 6.10 Å². The molecule has 0 aliphatic heterocycles. The van der Waals surface area contributed by atoms with Crippen molar-refractivity contribution in [3.8, 4) is 0 Å². The van der Waals surface area contributed by atoms with Gasteiger partial charge in [-0.3, -0.25) is 10.1 Å². The van der Waals surface area contributed by atoms with Gasteiger partial charge in [-0.15, -0.1) is 0 Å². The fourth-order valence-electron chi connectivity index (χ4n) is 1.75. The highest BCUT2D eigenvalue weighted by molar-refractivity contribution is 5.89. The number of nitro benzene ring substituents is 1. The highest BCUT2D eigenvalue weighted by Crippen LogP contribution is 2.29. The quantitative estimate of drug-likeness (QED) is 0.351. The van der Waals surface area contributed by atoms with E-state index in [0.717, 1.165) is 7.11 Å². The van der Waals surface area contributed by atoms with E-state index in [-0.39, 0.29) is 16.8 Å². The molecule has 1 aromatic carbocycles. The van der Waals surface area contributed by atoms with Gasteiger partial charge in [-0.2, -0.15) is 0 Å². The monoisotopic (exact) mass is 337 g/mol. The Balaban J connectivity index is 3.17. The van der Waals surface area contributed by atoms with Crippen LogP contribution >= 0.6 is 0 Å². The number of hydrogen-bond donors (Lipinski definition) is 0. The number of nitrogens with zero attached hydrogens (tertiary/aromatic N) is 1. The zero-order chi connectivity index (χ0) is 18.5. The number of nitro groups is 1. The Morgan fingerprint density at radius 2 is 1.92 bits per heavy atom. The van der Waals surface area contributed by atoms with Crippen molar-refractivity contribution >= 4 is 17.8 Å². The fourth-order valence-corrected chi connectivity index (χ4v) is 1.75. The molecule has 0 bridgehead atoms. The molecule has 8 nitrogen and oxygen atoms in total. The molecule has 0 saturated heterocycles. The first-order valence-corrected chi connectivity index (χ1v) is 6.96. The predicted octanol–water partition coefficient (Wildman–Crippen LogP) is 3.32. The normalized spacial score (nSPS) is 12.0. The van der Waals surface area contributed by atoms with Gasteiger partial charge in [0.05, 0.1) is 17.6 Å². The average Bonchev–Trinajstić information content (AvgIpc) is 2.49. The van der Waals surface area contributed by atoms with E-state index < -0.39 is 28.8 Å². The Hall–Kier alpha value is -2.90. The minimum Gasteiger partial charge on any atom is -0.466 e. The number of ether oxygens (including phenoxy) is 3. The summed E-state index contributed by atoms with van der Waals surface area (Å²) in [6, 6.07) is 5.33. The van der Waals surface area contributed by atoms with Crippen molar-refractivity contribution in [1.82, 2.24) is 0 Å². The van der Waals surface area contributed by atoms with Crippen molar-refractivity contribution in [2.24, 2.45) is 0 Å². The zero-order valence-electron chi connectivity index (χ0n) is 13.9. The van der Waals surface area contributed by atoms with E-state index in [0.29, 0.717) is 0 Å². The summed E-state index contributed by atoms with van der Waals surface area (Å²) in [4.78, 5) is 33.9. The molecular weight excluding hydrogens is 318 g/mol. The van der Waals surface area contributed by atoms with Gasteiger partial charge >= 0.3 is 12.1 Å². The van der Waals surface area contributed by atoms with E-state index >= 15 is 0 Å². The van der Waals surface area contributed by atoms with Crippen LogP contribution in [0.5, 0.6) is 0 Å². The molecule has 0 amide bonds. The zero-order valence-corrected chi connectivity index (χ0v) is 13.9. The SMILES string of the molecule is C=C(C(=O)OC)C(OC(=O)OC(C)(C)C)c1cccc([N+](=O)[O-])c1. The molecule has 0 aromatic heterocycles. The number of methoxy groups -OCH3 is 1. The molecule has 24 heavy (non-hydrogen) atoms. The number of carbonyl (C=O) groups is 2. The Morgan fingerprint density at radius 3 is 2.42 bits per heavy atom. The molecule has 8 heteroatoms. The van der Waals surface area contributed by atoms with Crippen molar-refractivity contribution in [1.29, 1.82) is 0 Å². The molecule has 1 rings (SSSR count). The highest BCUT2D eigenvalue weighted by Gasteiger charge is 2.29. The number of hydrogen-bond acceptors (Lipinski definition) is 7. The van der Waals surface area contributed by atoms with Crippen molar-refractivity contribution in [3.63, 3.8) is 0 Å². The summed E-state index contributed by atoms with van der Waals surface area (Å²) in [6.45, 7) is 8.48. The minimum atomic E-state index is -1.27. The summed E-state index contributed by atoms with van der Waals surface area (Å²) < 4.78 is 14.8. The van der Waals surface area contributed by atoms with Crippen molar-refractivity contribution in [3.05, 3.63) is 52.1 Å². The second kappa shape index (κ2) is 7.58. The molecule has 0 spiro atoms. The van der Waals surface area contributed by atoms with Crippen LogP contribution in [-0.4, -0.2) is 29.8 Å². The number of rotatable bonds is 5. The topological polar surface area (TPSA) is 105 Å². The highest BCUT2D eigenvalue weighted by atomic mass is 16.7. The van der Waals surface area contributed by atoms with E-state index in [2.05, 4.69) is 11.3 Å². The lowest BCUT2D eigenvalue weighted by Gasteiger charge is -2.23. The van der Waals surface area contributed by atoms with Crippen molar-refractivity contribution in [2.45, 2.75) is 32.5 Å². The van der Waals surface area contributed by atoms with Crippen LogP contribution in [-0.2, 0) is 19.0 Å². The minimum absolute atomic E-state index is 0.191. The number of esters is 1. The van der Waals surface area contributed by atoms with E-state index in [1.165, 1.54) is 24.3 Å². The van der Waals surface area contributed by atoms with Crippen LogP contribution in [0.25, 0.3) is 0 Å². The predicted molar refractivity (Wildman–Crippen MR) is 84.3 cm³/mol. The van der Waals surface area contributed by atoms with Crippen molar-refractivity contribution < 1.29 is 28.7 Å². The maximum atomic E-state index is 11.9. The summed E-state index contributed by atoms with van der Waals surface area (Å²) in [6.07, 6.45) is -2.31. The Morgan fingerprint density at radius 1 is 1.29 bits per heavy atom. The van der Waals surface area contributed by atoms with Crippen LogP contribution < -0.4 is 0 Å². The molecule has 1 aromatic rings. The summed E-state index contributed by atoms with van der Waals surface area (Å²) in [5.74, 6) is -0.810. The van der Waals surface area contributed by atoms with Crippen LogP contribution in [0.1, 0.15) is 32.4 Å². The van der Waals surface area contributed by atoms with Gasteiger partial charge < -0.3 is 14.2 Å². The largest absolute Gasteiger partial charge is 0.509 e. The summed E-state index contributed by atoms with van der Waals surface area (Å²) in [7, 11) is 1.14. The molecule has 0 heterocycles. The van der Waals surface area contributed by atoms with E-state index in [4.69, 9.17) is 9.47 Å². The van der Waals surface area contributed by atoms with Crippen LogP contribution in [0.4, 0.5) is 10.5 Å². The third-order valence-corrected chi connectivity index (χ3v) is 2.75. The van der Waals surface area contributed by atoms with Gasteiger partial charge in [-0.25, -0.2) is 9.59 Å². The lowest BCUT2D eigenvalue weighted by Crippen LogP contribution is -2.27. The number of benzene rings is 1. The standard InChI is InChI=1S/C16H19NO7/c1-10(14(18)22-5)13(23-15(19)24-16(2,3)4)11-7-6-8-12(9-11)17(20)21/h6-9,13H,1H2,2-5H3. The second-order valence-electron chi connectivity index (χ2n) is 5.83. The molecule has 130 valence electrons. The van der Waals surface area contributed by atoms with Crippen LogP contribution in [0.3, 0.4) is 0 Å². The summed E-state index contributed by atoms with van der Waals surface area (Å²) in [5.41, 5.74) is -1.02. The molecule has 1 atom stereocenters. The first-order chi connectivity index (χ1) is 11.0. The Bertz CT molecular complexity index is 661. The van der Waals surface area contributed by atoms with Crippen LogP contribution in [0.2, 0.25) is 0 Å². The van der Waals surface area contributed by atoms with Crippen LogP contribution in [0, 0.1) is 10.1 Å². The summed E-state index contributed by atoms with van der Waals surface area (Å²) in [5, 5.41) is 10.9. The third kappa shape index (κ3) is 5.38. The molecule has 0 fully saturated rings. The van der Waals surface area contributed by atoms with Gasteiger partial charge in [0.1, 0.15) is 5.60 Å². The van der Waals surface area contributed by atoms with Gasteiger partial charge in [0.25, 0.3) is 5.69 Å². The molecule has 0 aliphatic carbocycles. The van der Waals surface area contributed by atoms with Gasteiger partial charge in [-0.1, -0.05) is 18.7 Å². The lowest BCUT2D eigenvalue weighted by atomic mass is 10.0. The maximum Gasteiger partial charge on any atom is 0.509 e. The van der Waals surface area contributed by atoms with Crippen molar-refractivity contribution in [2.75, 3.05) is 7.11 Å². The van der Waals surface area contributed by atoms with E-state index in [1.54, 1.807) is 20.8 Å². The summed E-state index contributed by atoms with van der Waals surface area (Å²) >= 11 is 0. The van der Waals surface area contributed by atoms with Gasteiger partial charge in [0, 0.05) is 17.7 Å². The number of carbonyl (C=O) groups excluding carboxylic acids is 2. The number of non-ortho nitro benzene ring substituents is 1. The van der Waals surface area contributed by atoms with Gasteiger partial charge in [-0.05, 0) is 20.8 Å². The molecule has 1 unspecified atom stereocenters. The molecule has 0 radical (unpaired) electrons. The molecule has 0 saturated carbocycles. The maximum absolute atomic E-state index is 11.9. The van der Waals surface area contributed by atoms with Gasteiger partial charge in [0.2, 0.25) is 0 Å². The lowest BCUT2D eigenvalue weighted by molar-refractivity contribution is -0.385. The fraction of sp³-hybridized carbons (Fsp3) is 0.375. The first kappa shape index (κ1) is 19.1. The third-order valence-electron chi connectivity index (χ3n) is 2.75. The second-order valence-corrected chi connectivity index (χ2v) is 5.83. The first-order valence-electron chi connectivity index (χ1n) is 6.96. The molecule has 0 N–H and O–H groups in total. The average molecular weight is 337 g/mol. The smallest absolute Gasteiger partial charge is 0.466 e. The molecule has 0 aliphatic rings. The van der Waals surface area contributed by atoms with E-state index in [1.807, 2.05) is 0 Å².